The van der Waals surface area contributed by atoms with E-state index in [1.807, 2.05) is 25.1 Å². The monoisotopic (exact) mass is 352 g/mol. The fourth-order valence-electron chi connectivity index (χ4n) is 1.81. The van der Waals surface area contributed by atoms with E-state index in [-0.39, 0.29) is 12.3 Å². The van der Waals surface area contributed by atoms with Crippen molar-refractivity contribution >= 4 is 38.9 Å². The van der Waals surface area contributed by atoms with Crippen LogP contribution in [0.2, 0.25) is 0 Å². The molecule has 5 heteroatoms. The summed E-state index contributed by atoms with van der Waals surface area (Å²) in [6, 6.07) is 5.86. The second-order valence-corrected chi connectivity index (χ2v) is 5.66. The molecule has 3 N–H and O–H groups in total. The lowest BCUT2D eigenvalue weighted by atomic mass is 10.0. The number of allylic oxidation sites excluding steroid dienone is 3. The number of aliphatic hydroxyl groups excluding tert-OH is 1. The van der Waals surface area contributed by atoms with Gasteiger partial charge in [-0.1, -0.05) is 33.6 Å². The molecule has 1 aliphatic rings. The standard InChI is InChI=1S/C15H14BrClN2O/c1-9-12(16)3-2-4-14(9)19-7-11-5-10(8-20)6-13(17)15(11)18/h2-7,18-20H,8H2,1H3/b11-7-,18-15?. The number of halogens is 2. The first-order chi connectivity index (χ1) is 9.52. The third kappa shape index (κ3) is 3.20. The average Bonchev–Trinajstić information content (AvgIpc) is 2.44. The van der Waals surface area contributed by atoms with Gasteiger partial charge in [-0.05, 0) is 42.3 Å². The summed E-state index contributed by atoms with van der Waals surface area (Å²) < 4.78 is 1.02. The third-order valence-electron chi connectivity index (χ3n) is 3.01. The molecule has 0 aromatic heterocycles. The van der Waals surface area contributed by atoms with Crippen LogP contribution < -0.4 is 5.32 Å². The van der Waals surface area contributed by atoms with Crippen molar-refractivity contribution in [1.82, 2.24) is 0 Å². The number of hydrogen-bond donors (Lipinski definition) is 3. The Balaban J connectivity index is 2.27. The van der Waals surface area contributed by atoms with Gasteiger partial charge in [-0.25, -0.2) is 0 Å². The predicted molar refractivity (Wildman–Crippen MR) is 87.4 cm³/mol. The van der Waals surface area contributed by atoms with Gasteiger partial charge >= 0.3 is 0 Å². The Hall–Kier alpha value is -1.36. The number of nitrogens with one attached hydrogen (secondary N) is 2. The quantitative estimate of drug-likeness (QED) is 0.765. The lowest BCUT2D eigenvalue weighted by Crippen LogP contribution is -2.09. The highest BCUT2D eigenvalue weighted by Gasteiger charge is 2.13. The first-order valence-electron chi connectivity index (χ1n) is 6.02. The first kappa shape index (κ1) is 15.0. The van der Waals surface area contributed by atoms with Gasteiger partial charge in [0.15, 0.2) is 0 Å². The van der Waals surface area contributed by atoms with E-state index in [1.54, 1.807) is 18.4 Å². The molecule has 0 saturated heterocycles. The SMILES string of the molecule is Cc1c(Br)cccc1N/C=C1/C=C(CO)C=C(Cl)C1=N. The van der Waals surface area contributed by atoms with Gasteiger partial charge in [0, 0.05) is 21.9 Å². The highest BCUT2D eigenvalue weighted by atomic mass is 79.9. The minimum atomic E-state index is -0.100. The van der Waals surface area contributed by atoms with E-state index < -0.39 is 0 Å². The maximum Gasteiger partial charge on any atom is 0.0813 e. The highest BCUT2D eigenvalue weighted by Crippen LogP contribution is 2.25. The molecule has 0 aliphatic heterocycles. The minimum absolute atomic E-state index is 0.100. The Morgan fingerprint density at radius 1 is 1.40 bits per heavy atom. The Kier molecular flexibility index (Phi) is 4.81. The lowest BCUT2D eigenvalue weighted by molar-refractivity contribution is 0.335. The van der Waals surface area contributed by atoms with Gasteiger partial charge in [-0.15, -0.1) is 0 Å². The lowest BCUT2D eigenvalue weighted by Gasteiger charge is -2.14. The first-order valence-corrected chi connectivity index (χ1v) is 7.19. The number of rotatable bonds is 3. The molecule has 20 heavy (non-hydrogen) atoms. The van der Waals surface area contributed by atoms with Crippen LogP contribution >= 0.6 is 27.5 Å². The second kappa shape index (κ2) is 6.39. The van der Waals surface area contributed by atoms with Crippen molar-refractivity contribution in [1.29, 1.82) is 5.41 Å². The summed E-state index contributed by atoms with van der Waals surface area (Å²) in [6.45, 7) is 1.90. The highest BCUT2D eigenvalue weighted by molar-refractivity contribution is 9.10. The van der Waals surface area contributed by atoms with Crippen LogP contribution in [-0.4, -0.2) is 17.4 Å². The van der Waals surface area contributed by atoms with Crippen LogP contribution in [0, 0.1) is 12.3 Å². The summed E-state index contributed by atoms with van der Waals surface area (Å²) in [6.07, 6.45) is 5.07. The van der Waals surface area contributed by atoms with Crippen molar-refractivity contribution in [2.45, 2.75) is 6.92 Å². The van der Waals surface area contributed by atoms with E-state index in [4.69, 9.17) is 17.0 Å². The van der Waals surface area contributed by atoms with Gasteiger partial charge in [0.2, 0.25) is 0 Å². The summed E-state index contributed by atoms with van der Waals surface area (Å²) in [7, 11) is 0. The van der Waals surface area contributed by atoms with Crippen LogP contribution in [0.15, 0.2) is 57.2 Å². The maximum absolute atomic E-state index is 9.18. The van der Waals surface area contributed by atoms with E-state index in [2.05, 4.69) is 21.2 Å². The molecule has 0 fully saturated rings. The van der Waals surface area contributed by atoms with E-state index in [0.717, 1.165) is 15.7 Å². The zero-order valence-corrected chi connectivity index (χ0v) is 13.2. The Morgan fingerprint density at radius 3 is 2.85 bits per heavy atom. The molecular formula is C15H14BrClN2O. The summed E-state index contributed by atoms with van der Waals surface area (Å²) in [5.74, 6) is 0. The predicted octanol–water partition coefficient (Wildman–Crippen LogP) is 4.13. The summed E-state index contributed by atoms with van der Waals surface area (Å²) in [5, 5.41) is 20.6. The largest absolute Gasteiger partial charge is 0.392 e. The fraction of sp³-hybridized carbons (Fsp3) is 0.133. The molecule has 1 aromatic carbocycles. The summed E-state index contributed by atoms with van der Waals surface area (Å²) in [4.78, 5) is 0. The number of aliphatic hydroxyl groups is 1. The van der Waals surface area contributed by atoms with Crippen LogP contribution in [0.5, 0.6) is 0 Å². The number of benzene rings is 1. The zero-order chi connectivity index (χ0) is 14.7. The van der Waals surface area contributed by atoms with Crippen molar-refractivity contribution in [3.05, 3.63) is 62.8 Å². The molecule has 0 saturated carbocycles. The van der Waals surface area contributed by atoms with Gasteiger partial charge in [-0.3, -0.25) is 5.41 Å². The van der Waals surface area contributed by atoms with Crippen molar-refractivity contribution in [2.75, 3.05) is 11.9 Å². The Morgan fingerprint density at radius 2 is 2.15 bits per heavy atom. The molecule has 2 rings (SSSR count). The number of anilines is 1. The molecule has 0 bridgehead atoms. The molecule has 0 atom stereocenters. The van der Waals surface area contributed by atoms with E-state index >= 15 is 0 Å². The smallest absolute Gasteiger partial charge is 0.0813 e. The minimum Gasteiger partial charge on any atom is -0.392 e. The molecule has 3 nitrogen and oxygen atoms in total. The van der Waals surface area contributed by atoms with Crippen LogP contribution in [0.3, 0.4) is 0 Å². The molecular weight excluding hydrogens is 340 g/mol. The van der Waals surface area contributed by atoms with Crippen molar-refractivity contribution in [3.63, 3.8) is 0 Å². The Labute approximate surface area is 131 Å². The molecule has 0 heterocycles. The molecule has 0 amide bonds. The topological polar surface area (TPSA) is 56.1 Å². The van der Waals surface area contributed by atoms with Gasteiger partial charge in [-0.2, -0.15) is 0 Å². The average molecular weight is 354 g/mol. The van der Waals surface area contributed by atoms with Crippen LogP contribution in [0.25, 0.3) is 0 Å². The molecule has 1 aliphatic carbocycles. The van der Waals surface area contributed by atoms with Crippen LogP contribution in [-0.2, 0) is 0 Å². The van der Waals surface area contributed by atoms with Crippen LogP contribution in [0.4, 0.5) is 5.69 Å². The molecule has 0 unspecified atom stereocenters. The molecule has 104 valence electrons. The zero-order valence-electron chi connectivity index (χ0n) is 10.9. The van der Waals surface area contributed by atoms with Gasteiger partial charge < -0.3 is 10.4 Å². The van der Waals surface area contributed by atoms with Crippen molar-refractivity contribution < 1.29 is 5.11 Å². The van der Waals surface area contributed by atoms with E-state index in [1.165, 1.54) is 0 Å². The van der Waals surface area contributed by atoms with E-state index in [0.29, 0.717) is 16.2 Å². The van der Waals surface area contributed by atoms with Gasteiger partial charge in [0.05, 0.1) is 17.4 Å². The second-order valence-electron chi connectivity index (χ2n) is 4.40. The molecule has 1 aromatic rings. The van der Waals surface area contributed by atoms with Crippen molar-refractivity contribution in [3.8, 4) is 0 Å². The summed E-state index contributed by atoms with van der Waals surface area (Å²) in [5.41, 5.74) is 3.60. The maximum atomic E-state index is 9.18. The van der Waals surface area contributed by atoms with Gasteiger partial charge in [0.25, 0.3) is 0 Å². The van der Waals surface area contributed by atoms with Crippen LogP contribution in [0.1, 0.15) is 5.56 Å². The third-order valence-corrected chi connectivity index (χ3v) is 4.17. The fourth-order valence-corrected chi connectivity index (χ4v) is 2.43. The van der Waals surface area contributed by atoms with Crippen molar-refractivity contribution in [2.24, 2.45) is 0 Å². The Bertz CT molecular complexity index is 647. The van der Waals surface area contributed by atoms with Gasteiger partial charge in [0.1, 0.15) is 0 Å². The molecule has 0 spiro atoms. The normalized spacial score (nSPS) is 17.0. The van der Waals surface area contributed by atoms with E-state index in [9.17, 15) is 5.11 Å². The molecule has 0 radical (unpaired) electrons. The summed E-state index contributed by atoms with van der Waals surface area (Å²) >= 11 is 9.46. The number of hydrogen-bond acceptors (Lipinski definition) is 3.